The van der Waals surface area contributed by atoms with Crippen molar-refractivity contribution in [3.8, 4) is 0 Å². The molecule has 0 saturated carbocycles. The SMILES string of the molecule is O=C(CC[C@H]1NC(=O)N(c2ccccc2)C1=O)NCC[C@@H](c1ccc(F)cc1)c1ccco1. The zero-order valence-corrected chi connectivity index (χ0v) is 17.9. The van der Waals surface area contributed by atoms with Crippen molar-refractivity contribution >= 4 is 23.5 Å². The van der Waals surface area contributed by atoms with Crippen LogP contribution in [0.3, 0.4) is 0 Å². The lowest BCUT2D eigenvalue weighted by Crippen LogP contribution is -2.33. The molecule has 1 saturated heterocycles. The topological polar surface area (TPSA) is 91.7 Å². The lowest BCUT2D eigenvalue weighted by molar-refractivity contribution is -0.121. The van der Waals surface area contributed by atoms with Gasteiger partial charge in [-0.05, 0) is 54.8 Å². The second kappa shape index (κ2) is 10.1. The summed E-state index contributed by atoms with van der Waals surface area (Å²) in [5, 5.41) is 5.50. The number of benzene rings is 2. The molecule has 4 rings (SSSR count). The maximum absolute atomic E-state index is 13.3. The van der Waals surface area contributed by atoms with Crippen molar-refractivity contribution < 1.29 is 23.2 Å². The van der Waals surface area contributed by atoms with Gasteiger partial charge < -0.3 is 15.1 Å². The van der Waals surface area contributed by atoms with Crippen molar-refractivity contribution in [2.24, 2.45) is 0 Å². The largest absolute Gasteiger partial charge is 0.469 e. The van der Waals surface area contributed by atoms with Crippen LogP contribution < -0.4 is 15.5 Å². The number of carbonyl (C=O) groups excluding carboxylic acids is 3. The van der Waals surface area contributed by atoms with Crippen LogP contribution >= 0.6 is 0 Å². The molecule has 0 spiro atoms. The van der Waals surface area contributed by atoms with Crippen LogP contribution in [-0.2, 0) is 9.59 Å². The molecular weight excluding hydrogens is 425 g/mol. The van der Waals surface area contributed by atoms with Gasteiger partial charge in [-0.25, -0.2) is 14.1 Å². The lowest BCUT2D eigenvalue weighted by atomic mass is 9.93. The maximum atomic E-state index is 13.3. The minimum absolute atomic E-state index is 0.0985. The van der Waals surface area contributed by atoms with Gasteiger partial charge in [0.1, 0.15) is 17.6 Å². The summed E-state index contributed by atoms with van der Waals surface area (Å²) >= 11 is 0. The highest BCUT2D eigenvalue weighted by atomic mass is 19.1. The standard InChI is InChI=1S/C25H24FN3O4/c26-18-10-8-17(9-11-18)20(22-7-4-16-33-22)14-15-27-23(30)13-12-21-24(31)29(25(32)28-21)19-5-2-1-3-6-19/h1-11,16,20-21H,12-15H2,(H,27,30)(H,28,32)/t20-,21+/m0/s1. The van der Waals surface area contributed by atoms with Gasteiger partial charge in [-0.2, -0.15) is 0 Å². The smallest absolute Gasteiger partial charge is 0.329 e. The minimum atomic E-state index is -0.737. The van der Waals surface area contributed by atoms with Crippen molar-refractivity contribution in [1.29, 1.82) is 0 Å². The third-order valence-electron chi connectivity index (χ3n) is 5.61. The number of nitrogens with one attached hydrogen (secondary N) is 2. The van der Waals surface area contributed by atoms with Gasteiger partial charge in [-0.15, -0.1) is 0 Å². The summed E-state index contributed by atoms with van der Waals surface area (Å²) in [6.45, 7) is 0.378. The fraction of sp³-hybridized carbons (Fsp3) is 0.240. The second-order valence-corrected chi connectivity index (χ2v) is 7.81. The summed E-state index contributed by atoms with van der Waals surface area (Å²) in [4.78, 5) is 38.3. The summed E-state index contributed by atoms with van der Waals surface area (Å²) < 4.78 is 18.8. The Morgan fingerprint density at radius 3 is 2.52 bits per heavy atom. The summed E-state index contributed by atoms with van der Waals surface area (Å²) in [6, 6.07) is 17.3. The van der Waals surface area contributed by atoms with E-state index in [0.29, 0.717) is 18.7 Å². The van der Waals surface area contributed by atoms with Crippen LogP contribution in [0.15, 0.2) is 77.4 Å². The summed E-state index contributed by atoms with van der Waals surface area (Å²) in [7, 11) is 0. The molecule has 2 N–H and O–H groups in total. The van der Waals surface area contributed by atoms with Crippen molar-refractivity contribution in [1.82, 2.24) is 10.6 Å². The van der Waals surface area contributed by atoms with Crippen LogP contribution in [0.25, 0.3) is 0 Å². The molecule has 1 aromatic heterocycles. The Hall–Kier alpha value is -3.94. The zero-order valence-electron chi connectivity index (χ0n) is 17.9. The first kappa shape index (κ1) is 22.3. The normalized spacial score (nSPS) is 16.5. The first-order valence-electron chi connectivity index (χ1n) is 10.8. The predicted octanol–water partition coefficient (Wildman–Crippen LogP) is 3.96. The van der Waals surface area contributed by atoms with E-state index in [1.807, 2.05) is 6.07 Å². The number of hydrogen-bond acceptors (Lipinski definition) is 4. The van der Waals surface area contributed by atoms with Crippen LogP contribution in [0.5, 0.6) is 0 Å². The Balaban J connectivity index is 1.28. The van der Waals surface area contributed by atoms with E-state index in [2.05, 4.69) is 10.6 Å². The van der Waals surface area contributed by atoms with Gasteiger partial charge in [0, 0.05) is 18.9 Å². The number of anilines is 1. The Morgan fingerprint density at radius 2 is 1.82 bits per heavy atom. The number of para-hydroxylation sites is 1. The summed E-state index contributed by atoms with van der Waals surface area (Å²) in [5.74, 6) is -0.294. The van der Waals surface area contributed by atoms with E-state index in [-0.39, 0.29) is 36.4 Å². The first-order chi connectivity index (χ1) is 16.0. The van der Waals surface area contributed by atoms with Crippen molar-refractivity contribution in [3.05, 3.63) is 90.1 Å². The molecule has 1 aliphatic heterocycles. The first-order valence-corrected chi connectivity index (χ1v) is 10.8. The minimum Gasteiger partial charge on any atom is -0.469 e. The number of urea groups is 1. The van der Waals surface area contributed by atoms with Crippen LogP contribution in [0.4, 0.5) is 14.9 Å². The van der Waals surface area contributed by atoms with E-state index >= 15 is 0 Å². The molecule has 2 atom stereocenters. The van der Waals surface area contributed by atoms with E-state index in [4.69, 9.17) is 4.42 Å². The molecule has 170 valence electrons. The Bertz CT molecular complexity index is 1100. The highest BCUT2D eigenvalue weighted by Gasteiger charge is 2.38. The van der Waals surface area contributed by atoms with Gasteiger partial charge in [0.2, 0.25) is 5.91 Å². The molecule has 2 aromatic carbocycles. The number of carbonyl (C=O) groups is 3. The number of rotatable bonds is 9. The average molecular weight is 449 g/mol. The molecule has 2 heterocycles. The van der Waals surface area contributed by atoms with Gasteiger partial charge in [-0.3, -0.25) is 9.59 Å². The van der Waals surface area contributed by atoms with Gasteiger partial charge in [-0.1, -0.05) is 30.3 Å². The van der Waals surface area contributed by atoms with Crippen molar-refractivity contribution in [3.63, 3.8) is 0 Å². The van der Waals surface area contributed by atoms with Crippen molar-refractivity contribution in [2.45, 2.75) is 31.2 Å². The van der Waals surface area contributed by atoms with Crippen molar-refractivity contribution in [2.75, 3.05) is 11.4 Å². The van der Waals surface area contributed by atoms with Gasteiger partial charge in [0.25, 0.3) is 5.91 Å². The third kappa shape index (κ3) is 5.28. The van der Waals surface area contributed by atoms with E-state index in [1.165, 1.54) is 12.1 Å². The predicted molar refractivity (Wildman–Crippen MR) is 120 cm³/mol. The Kier molecular flexibility index (Phi) is 6.83. The quantitative estimate of drug-likeness (QED) is 0.484. The number of nitrogens with zero attached hydrogens (tertiary/aromatic N) is 1. The zero-order chi connectivity index (χ0) is 23.2. The number of halogens is 1. The second-order valence-electron chi connectivity index (χ2n) is 7.81. The highest BCUT2D eigenvalue weighted by Crippen LogP contribution is 2.28. The molecule has 0 bridgehead atoms. The number of amides is 4. The van der Waals surface area contributed by atoms with Crippen LogP contribution in [-0.4, -0.2) is 30.4 Å². The summed E-state index contributed by atoms with van der Waals surface area (Å²) in [5.41, 5.74) is 1.39. The Labute approximate surface area is 190 Å². The molecule has 1 fully saturated rings. The van der Waals surface area contributed by atoms with Crippen LogP contribution in [0.1, 0.15) is 36.5 Å². The molecule has 7 nitrogen and oxygen atoms in total. The molecule has 0 unspecified atom stereocenters. The van der Waals surface area contributed by atoms with E-state index in [1.54, 1.807) is 54.8 Å². The molecular formula is C25H24FN3O4. The van der Waals surface area contributed by atoms with Crippen LogP contribution in [0.2, 0.25) is 0 Å². The van der Waals surface area contributed by atoms with Crippen LogP contribution in [0, 0.1) is 5.82 Å². The van der Waals surface area contributed by atoms with E-state index in [0.717, 1.165) is 16.2 Å². The van der Waals surface area contributed by atoms with E-state index in [9.17, 15) is 18.8 Å². The number of furan rings is 1. The lowest BCUT2D eigenvalue weighted by Gasteiger charge is -2.16. The fourth-order valence-corrected chi connectivity index (χ4v) is 3.93. The molecule has 8 heteroatoms. The monoisotopic (exact) mass is 449 g/mol. The fourth-order valence-electron chi connectivity index (χ4n) is 3.93. The highest BCUT2D eigenvalue weighted by molar-refractivity contribution is 6.21. The number of imide groups is 1. The van der Waals surface area contributed by atoms with Gasteiger partial charge >= 0.3 is 6.03 Å². The number of hydrogen-bond donors (Lipinski definition) is 2. The molecule has 0 radical (unpaired) electrons. The molecule has 4 amide bonds. The van der Waals surface area contributed by atoms with Gasteiger partial charge in [0.05, 0.1) is 12.0 Å². The average Bonchev–Trinajstić information content (AvgIpc) is 3.44. The molecule has 0 aliphatic carbocycles. The molecule has 33 heavy (non-hydrogen) atoms. The molecule has 1 aliphatic rings. The Morgan fingerprint density at radius 1 is 1.06 bits per heavy atom. The summed E-state index contributed by atoms with van der Waals surface area (Å²) in [6.07, 6.45) is 2.45. The third-order valence-corrected chi connectivity index (χ3v) is 5.61. The maximum Gasteiger partial charge on any atom is 0.329 e. The van der Waals surface area contributed by atoms with E-state index < -0.39 is 12.1 Å². The molecule has 3 aromatic rings. The van der Waals surface area contributed by atoms with Gasteiger partial charge in [0.15, 0.2) is 0 Å².